The van der Waals surface area contributed by atoms with Gasteiger partial charge in [-0.05, 0) is 38.5 Å². The topological polar surface area (TPSA) is 70.7 Å². The summed E-state index contributed by atoms with van der Waals surface area (Å²) in [7, 11) is 0. The highest BCUT2D eigenvalue weighted by Gasteiger charge is 2.35. The third kappa shape index (κ3) is 5.04. The molecule has 24 heavy (non-hydrogen) atoms. The molecule has 1 fully saturated rings. The summed E-state index contributed by atoms with van der Waals surface area (Å²) in [5, 5.41) is 5.68. The van der Waals surface area contributed by atoms with Crippen LogP contribution in [0.3, 0.4) is 0 Å². The number of anilines is 1. The normalized spacial score (nSPS) is 15.8. The molecule has 6 nitrogen and oxygen atoms in total. The lowest BCUT2D eigenvalue weighted by Crippen LogP contribution is -2.48. The number of nitrogens with one attached hydrogen (secondary N) is 2. The fraction of sp³-hybridized carbons (Fsp3) is 0.556. The van der Waals surface area contributed by atoms with Crippen LogP contribution in [0.25, 0.3) is 0 Å². The molecular formula is C18H27N3O3. The highest BCUT2D eigenvalue weighted by molar-refractivity contribution is 6.09. The molecule has 1 aromatic rings. The first kappa shape index (κ1) is 18.4. The van der Waals surface area contributed by atoms with Crippen LogP contribution in [-0.4, -0.2) is 56.1 Å². The van der Waals surface area contributed by atoms with Crippen molar-refractivity contribution in [1.29, 1.82) is 0 Å². The van der Waals surface area contributed by atoms with Gasteiger partial charge >= 0.3 is 0 Å². The van der Waals surface area contributed by atoms with Crippen LogP contribution in [0.5, 0.6) is 0 Å². The summed E-state index contributed by atoms with van der Waals surface area (Å²) in [5.74, 6) is -0.571. The van der Waals surface area contributed by atoms with E-state index in [0.717, 1.165) is 38.4 Å². The van der Waals surface area contributed by atoms with Gasteiger partial charge in [-0.3, -0.25) is 14.5 Å². The van der Waals surface area contributed by atoms with Gasteiger partial charge in [0.15, 0.2) is 0 Å². The van der Waals surface area contributed by atoms with E-state index in [0.29, 0.717) is 12.2 Å². The fourth-order valence-corrected chi connectivity index (χ4v) is 2.49. The maximum Gasteiger partial charge on any atom is 0.239 e. The fourth-order valence-electron chi connectivity index (χ4n) is 2.49. The van der Waals surface area contributed by atoms with Crippen LogP contribution in [-0.2, 0) is 14.3 Å². The number of ether oxygens (including phenoxy) is 1. The largest absolute Gasteiger partial charge is 0.379 e. The third-order valence-corrected chi connectivity index (χ3v) is 4.23. The number of hydrogen-bond donors (Lipinski definition) is 2. The quantitative estimate of drug-likeness (QED) is 0.772. The van der Waals surface area contributed by atoms with Gasteiger partial charge in [-0.1, -0.05) is 12.1 Å². The SMILES string of the molecule is Cc1cccc(NC(=O)C(C)(C)C(=O)NCCN2CCOCC2)c1. The molecular weight excluding hydrogens is 306 g/mol. The molecule has 0 aliphatic carbocycles. The molecule has 2 amide bonds. The molecule has 2 N–H and O–H groups in total. The van der Waals surface area contributed by atoms with E-state index in [1.807, 2.05) is 31.2 Å². The highest BCUT2D eigenvalue weighted by Crippen LogP contribution is 2.19. The number of nitrogens with zero attached hydrogens (tertiary/aromatic N) is 1. The summed E-state index contributed by atoms with van der Waals surface area (Å²) >= 11 is 0. The Hall–Kier alpha value is -1.92. The minimum absolute atomic E-state index is 0.263. The Morgan fingerprint density at radius 3 is 2.58 bits per heavy atom. The van der Waals surface area contributed by atoms with Crippen molar-refractivity contribution in [2.45, 2.75) is 20.8 Å². The van der Waals surface area contributed by atoms with Gasteiger partial charge in [-0.2, -0.15) is 0 Å². The van der Waals surface area contributed by atoms with Crippen LogP contribution in [0.4, 0.5) is 5.69 Å². The molecule has 1 aromatic carbocycles. The number of amides is 2. The lowest BCUT2D eigenvalue weighted by atomic mass is 9.91. The average Bonchev–Trinajstić information content (AvgIpc) is 2.55. The Balaban J connectivity index is 1.83. The van der Waals surface area contributed by atoms with Gasteiger partial charge in [0.2, 0.25) is 11.8 Å². The first-order valence-corrected chi connectivity index (χ1v) is 8.36. The Morgan fingerprint density at radius 1 is 1.21 bits per heavy atom. The number of carbonyl (C=O) groups is 2. The van der Waals surface area contributed by atoms with Crippen molar-refractivity contribution in [3.8, 4) is 0 Å². The lowest BCUT2D eigenvalue weighted by molar-refractivity contribution is -0.138. The Labute approximate surface area is 143 Å². The molecule has 0 unspecified atom stereocenters. The minimum atomic E-state index is -1.13. The number of aryl methyl sites for hydroxylation is 1. The van der Waals surface area contributed by atoms with E-state index in [1.165, 1.54) is 0 Å². The molecule has 2 rings (SSSR count). The number of hydrogen-bond acceptors (Lipinski definition) is 4. The molecule has 0 spiro atoms. The van der Waals surface area contributed by atoms with Crippen LogP contribution in [0.1, 0.15) is 19.4 Å². The summed E-state index contributed by atoms with van der Waals surface area (Å²) in [6, 6.07) is 7.53. The Bertz CT molecular complexity index is 581. The summed E-state index contributed by atoms with van der Waals surface area (Å²) in [5.41, 5.74) is 0.629. The molecule has 132 valence electrons. The zero-order chi connectivity index (χ0) is 17.6. The summed E-state index contributed by atoms with van der Waals surface area (Å²) in [6.07, 6.45) is 0. The van der Waals surface area contributed by atoms with E-state index in [2.05, 4.69) is 15.5 Å². The van der Waals surface area contributed by atoms with Crippen LogP contribution in [0, 0.1) is 12.3 Å². The van der Waals surface area contributed by atoms with Gasteiger partial charge < -0.3 is 15.4 Å². The Kier molecular flexibility index (Phi) is 6.34. The van der Waals surface area contributed by atoms with E-state index in [9.17, 15) is 9.59 Å². The maximum absolute atomic E-state index is 12.5. The molecule has 0 aromatic heterocycles. The number of benzene rings is 1. The van der Waals surface area contributed by atoms with Crippen LogP contribution in [0.15, 0.2) is 24.3 Å². The number of carbonyl (C=O) groups excluding carboxylic acids is 2. The predicted molar refractivity (Wildman–Crippen MR) is 93.9 cm³/mol. The van der Waals surface area contributed by atoms with Crippen LogP contribution in [0.2, 0.25) is 0 Å². The molecule has 0 saturated carbocycles. The monoisotopic (exact) mass is 333 g/mol. The molecule has 6 heteroatoms. The first-order chi connectivity index (χ1) is 11.4. The smallest absolute Gasteiger partial charge is 0.239 e. The van der Waals surface area contributed by atoms with E-state index in [-0.39, 0.29) is 11.8 Å². The van der Waals surface area contributed by atoms with E-state index >= 15 is 0 Å². The number of rotatable bonds is 6. The van der Waals surface area contributed by atoms with Crippen LogP contribution < -0.4 is 10.6 Å². The molecule has 1 aliphatic rings. The van der Waals surface area contributed by atoms with E-state index in [1.54, 1.807) is 13.8 Å². The van der Waals surface area contributed by atoms with Gasteiger partial charge in [-0.15, -0.1) is 0 Å². The van der Waals surface area contributed by atoms with Crippen molar-refractivity contribution in [3.63, 3.8) is 0 Å². The molecule has 0 bridgehead atoms. The molecule has 1 aliphatic heterocycles. The van der Waals surface area contributed by atoms with Gasteiger partial charge in [-0.25, -0.2) is 0 Å². The van der Waals surface area contributed by atoms with E-state index < -0.39 is 5.41 Å². The van der Waals surface area contributed by atoms with Gasteiger partial charge in [0.25, 0.3) is 0 Å². The first-order valence-electron chi connectivity index (χ1n) is 8.36. The summed E-state index contributed by atoms with van der Waals surface area (Å²) < 4.78 is 5.30. The van der Waals surface area contributed by atoms with Crippen molar-refractivity contribution in [1.82, 2.24) is 10.2 Å². The lowest BCUT2D eigenvalue weighted by Gasteiger charge is -2.27. The Morgan fingerprint density at radius 2 is 1.92 bits per heavy atom. The predicted octanol–water partition coefficient (Wildman–Crippen LogP) is 1.41. The summed E-state index contributed by atoms with van der Waals surface area (Å²) in [6.45, 7) is 9.77. The molecule has 1 saturated heterocycles. The van der Waals surface area contributed by atoms with Crippen molar-refractivity contribution < 1.29 is 14.3 Å². The van der Waals surface area contributed by atoms with E-state index in [4.69, 9.17) is 4.74 Å². The maximum atomic E-state index is 12.5. The van der Waals surface area contributed by atoms with Gasteiger partial charge in [0.05, 0.1) is 13.2 Å². The van der Waals surface area contributed by atoms with Crippen LogP contribution >= 0.6 is 0 Å². The summed E-state index contributed by atoms with van der Waals surface area (Å²) in [4.78, 5) is 27.1. The third-order valence-electron chi connectivity index (χ3n) is 4.23. The minimum Gasteiger partial charge on any atom is -0.379 e. The average molecular weight is 333 g/mol. The van der Waals surface area contributed by atoms with Crippen molar-refractivity contribution >= 4 is 17.5 Å². The van der Waals surface area contributed by atoms with Crippen molar-refractivity contribution in [2.75, 3.05) is 44.7 Å². The molecule has 1 heterocycles. The molecule has 0 radical (unpaired) electrons. The second kappa shape index (κ2) is 8.26. The highest BCUT2D eigenvalue weighted by atomic mass is 16.5. The second-order valence-corrected chi connectivity index (χ2v) is 6.66. The van der Waals surface area contributed by atoms with Crippen molar-refractivity contribution in [2.24, 2.45) is 5.41 Å². The zero-order valence-electron chi connectivity index (χ0n) is 14.7. The zero-order valence-corrected chi connectivity index (χ0v) is 14.7. The molecule has 0 atom stereocenters. The van der Waals surface area contributed by atoms with Gasteiger partial charge in [0, 0.05) is 31.9 Å². The second-order valence-electron chi connectivity index (χ2n) is 6.66. The number of morpholine rings is 1. The van der Waals surface area contributed by atoms with Gasteiger partial charge in [0.1, 0.15) is 5.41 Å². The van der Waals surface area contributed by atoms with Crippen molar-refractivity contribution in [3.05, 3.63) is 29.8 Å². The standard InChI is InChI=1S/C18H27N3O3/c1-14-5-4-6-15(13-14)20-17(23)18(2,3)16(22)19-7-8-21-9-11-24-12-10-21/h4-6,13H,7-12H2,1-3H3,(H,19,22)(H,20,23).